The SMILES string of the molecule is CC(O)CCN(C)CC(N)=O. The van der Waals surface area contributed by atoms with E-state index >= 15 is 0 Å². The molecule has 0 fully saturated rings. The van der Waals surface area contributed by atoms with Crippen molar-refractivity contribution in [3.63, 3.8) is 0 Å². The summed E-state index contributed by atoms with van der Waals surface area (Å²) in [5, 5.41) is 8.89. The first kappa shape index (κ1) is 10.4. The summed E-state index contributed by atoms with van der Waals surface area (Å²) < 4.78 is 0. The summed E-state index contributed by atoms with van der Waals surface area (Å²) in [7, 11) is 1.80. The highest BCUT2D eigenvalue weighted by molar-refractivity contribution is 5.75. The highest BCUT2D eigenvalue weighted by atomic mass is 16.3. The smallest absolute Gasteiger partial charge is 0.231 e. The third kappa shape index (κ3) is 7.29. The van der Waals surface area contributed by atoms with Crippen LogP contribution in [0.4, 0.5) is 0 Å². The third-order valence-corrected chi connectivity index (χ3v) is 1.35. The largest absolute Gasteiger partial charge is 0.393 e. The maximum Gasteiger partial charge on any atom is 0.231 e. The molecule has 0 aliphatic rings. The molecule has 1 atom stereocenters. The zero-order valence-electron chi connectivity index (χ0n) is 7.08. The number of amides is 1. The van der Waals surface area contributed by atoms with E-state index in [0.717, 1.165) is 0 Å². The number of aliphatic hydroxyl groups is 1. The van der Waals surface area contributed by atoms with Crippen LogP contribution in [0, 0.1) is 0 Å². The average molecular weight is 160 g/mol. The number of carbonyl (C=O) groups is 1. The Hall–Kier alpha value is -0.610. The molecule has 11 heavy (non-hydrogen) atoms. The lowest BCUT2D eigenvalue weighted by atomic mass is 10.3. The maximum absolute atomic E-state index is 10.4. The molecule has 0 aliphatic heterocycles. The van der Waals surface area contributed by atoms with Crippen molar-refractivity contribution in [3.05, 3.63) is 0 Å². The van der Waals surface area contributed by atoms with Gasteiger partial charge in [0.1, 0.15) is 0 Å². The van der Waals surface area contributed by atoms with Crippen molar-refractivity contribution in [1.82, 2.24) is 4.90 Å². The van der Waals surface area contributed by atoms with Gasteiger partial charge in [-0.25, -0.2) is 0 Å². The van der Waals surface area contributed by atoms with Crippen molar-refractivity contribution in [2.45, 2.75) is 19.4 Å². The Morgan fingerprint density at radius 2 is 2.27 bits per heavy atom. The third-order valence-electron chi connectivity index (χ3n) is 1.35. The molecule has 4 nitrogen and oxygen atoms in total. The molecule has 3 N–H and O–H groups in total. The van der Waals surface area contributed by atoms with Gasteiger partial charge in [-0.05, 0) is 20.4 Å². The molecule has 0 aromatic heterocycles. The highest BCUT2D eigenvalue weighted by Crippen LogP contribution is 1.91. The Morgan fingerprint density at radius 1 is 1.73 bits per heavy atom. The number of nitrogens with two attached hydrogens (primary N) is 1. The molecule has 0 saturated carbocycles. The first-order valence-corrected chi connectivity index (χ1v) is 3.67. The molecule has 0 aromatic carbocycles. The minimum Gasteiger partial charge on any atom is -0.393 e. The van der Waals surface area contributed by atoms with Crippen molar-refractivity contribution >= 4 is 5.91 Å². The molecule has 1 amide bonds. The molecule has 0 bridgehead atoms. The van der Waals surface area contributed by atoms with Crippen molar-refractivity contribution in [1.29, 1.82) is 0 Å². The van der Waals surface area contributed by atoms with E-state index in [0.29, 0.717) is 13.0 Å². The number of hydrogen-bond donors (Lipinski definition) is 2. The number of rotatable bonds is 5. The molecule has 0 aromatic rings. The summed E-state index contributed by atoms with van der Waals surface area (Å²) in [6.07, 6.45) is 0.356. The molecule has 66 valence electrons. The minimum absolute atomic E-state index is 0.257. The van der Waals surface area contributed by atoms with Crippen LogP contribution in [0.1, 0.15) is 13.3 Å². The Bertz CT molecular complexity index is 126. The second-order valence-corrected chi connectivity index (χ2v) is 2.84. The predicted molar refractivity (Wildman–Crippen MR) is 43.0 cm³/mol. The van der Waals surface area contributed by atoms with Gasteiger partial charge in [0, 0.05) is 6.54 Å². The van der Waals surface area contributed by atoms with Gasteiger partial charge in [0.2, 0.25) is 5.91 Å². The molecule has 1 unspecified atom stereocenters. The Kier molecular flexibility index (Phi) is 4.81. The average Bonchev–Trinajstić information content (AvgIpc) is 1.82. The zero-order valence-corrected chi connectivity index (χ0v) is 7.08. The Labute approximate surface area is 67.0 Å². The molecule has 0 heterocycles. The van der Waals surface area contributed by atoms with E-state index in [1.165, 1.54) is 0 Å². The maximum atomic E-state index is 10.4. The summed E-state index contributed by atoms with van der Waals surface area (Å²) >= 11 is 0. The summed E-state index contributed by atoms with van der Waals surface area (Å²) in [5.41, 5.74) is 4.96. The quantitative estimate of drug-likeness (QED) is 0.552. The van der Waals surface area contributed by atoms with Crippen LogP contribution < -0.4 is 5.73 Å². The first-order valence-electron chi connectivity index (χ1n) is 3.67. The predicted octanol–water partition coefficient (Wildman–Crippen LogP) is -0.826. The van der Waals surface area contributed by atoms with E-state index in [1.807, 2.05) is 0 Å². The van der Waals surface area contributed by atoms with Crippen LogP contribution in [0.25, 0.3) is 0 Å². The number of nitrogens with zero attached hydrogens (tertiary/aromatic N) is 1. The fraction of sp³-hybridized carbons (Fsp3) is 0.857. The summed E-state index contributed by atoms with van der Waals surface area (Å²) in [4.78, 5) is 12.2. The van der Waals surface area contributed by atoms with Crippen LogP contribution in [0.3, 0.4) is 0 Å². The minimum atomic E-state index is -0.335. The number of carbonyl (C=O) groups excluding carboxylic acids is 1. The van der Waals surface area contributed by atoms with Crippen molar-refractivity contribution in [2.75, 3.05) is 20.1 Å². The second kappa shape index (κ2) is 5.09. The van der Waals surface area contributed by atoms with Crippen LogP contribution in [-0.4, -0.2) is 42.2 Å². The number of likely N-dealkylation sites (N-methyl/N-ethyl adjacent to an activating group) is 1. The molecule has 4 heteroatoms. The van der Waals surface area contributed by atoms with Gasteiger partial charge in [-0.1, -0.05) is 0 Å². The lowest BCUT2D eigenvalue weighted by Crippen LogP contribution is -2.32. The van der Waals surface area contributed by atoms with Gasteiger partial charge >= 0.3 is 0 Å². The van der Waals surface area contributed by atoms with E-state index < -0.39 is 0 Å². The van der Waals surface area contributed by atoms with Crippen LogP contribution >= 0.6 is 0 Å². The fourth-order valence-electron chi connectivity index (χ4n) is 0.752. The highest BCUT2D eigenvalue weighted by Gasteiger charge is 2.03. The van der Waals surface area contributed by atoms with E-state index in [2.05, 4.69) is 0 Å². The fourth-order valence-corrected chi connectivity index (χ4v) is 0.752. The number of primary amides is 1. The standard InChI is InChI=1S/C7H16N2O2/c1-6(10)3-4-9(2)5-7(8)11/h6,10H,3-5H2,1-2H3,(H2,8,11). The molecular weight excluding hydrogens is 144 g/mol. The summed E-state index contributed by atoms with van der Waals surface area (Å²) in [6, 6.07) is 0. The molecular formula is C7H16N2O2. The van der Waals surface area contributed by atoms with E-state index in [1.54, 1.807) is 18.9 Å². The Morgan fingerprint density at radius 3 is 2.64 bits per heavy atom. The summed E-state index contributed by atoms with van der Waals surface area (Å²) in [5.74, 6) is -0.335. The molecule has 0 aliphatic carbocycles. The van der Waals surface area contributed by atoms with Crippen molar-refractivity contribution in [2.24, 2.45) is 5.73 Å². The van der Waals surface area contributed by atoms with E-state index in [4.69, 9.17) is 10.8 Å². The molecule has 0 spiro atoms. The van der Waals surface area contributed by atoms with Crippen molar-refractivity contribution < 1.29 is 9.90 Å². The number of hydrogen-bond acceptors (Lipinski definition) is 3. The second-order valence-electron chi connectivity index (χ2n) is 2.84. The van der Waals surface area contributed by atoms with Gasteiger partial charge in [0.05, 0.1) is 12.6 Å². The molecule has 0 radical (unpaired) electrons. The van der Waals surface area contributed by atoms with Gasteiger partial charge in [-0.15, -0.1) is 0 Å². The van der Waals surface area contributed by atoms with Gasteiger partial charge in [0.25, 0.3) is 0 Å². The lowest BCUT2D eigenvalue weighted by molar-refractivity contribution is -0.118. The first-order chi connectivity index (χ1) is 5.02. The van der Waals surface area contributed by atoms with E-state index in [9.17, 15) is 4.79 Å². The normalized spacial score (nSPS) is 13.5. The lowest BCUT2D eigenvalue weighted by Gasteiger charge is -2.14. The van der Waals surface area contributed by atoms with Gasteiger partial charge in [-0.3, -0.25) is 9.69 Å². The zero-order chi connectivity index (χ0) is 8.85. The van der Waals surface area contributed by atoms with Crippen LogP contribution in [0.2, 0.25) is 0 Å². The van der Waals surface area contributed by atoms with Crippen LogP contribution in [0.5, 0.6) is 0 Å². The number of aliphatic hydroxyl groups excluding tert-OH is 1. The Balaban J connectivity index is 3.37. The van der Waals surface area contributed by atoms with E-state index in [-0.39, 0.29) is 18.6 Å². The topological polar surface area (TPSA) is 66.6 Å². The van der Waals surface area contributed by atoms with Gasteiger partial charge in [-0.2, -0.15) is 0 Å². The van der Waals surface area contributed by atoms with Gasteiger partial charge in [0.15, 0.2) is 0 Å². The monoisotopic (exact) mass is 160 g/mol. The van der Waals surface area contributed by atoms with Gasteiger partial charge < -0.3 is 10.8 Å². The van der Waals surface area contributed by atoms with Crippen LogP contribution in [0.15, 0.2) is 0 Å². The molecule has 0 rings (SSSR count). The summed E-state index contributed by atoms with van der Waals surface area (Å²) in [6.45, 7) is 2.67. The van der Waals surface area contributed by atoms with Crippen LogP contribution in [-0.2, 0) is 4.79 Å². The molecule has 0 saturated heterocycles. The van der Waals surface area contributed by atoms with Crippen molar-refractivity contribution in [3.8, 4) is 0 Å².